The molecule has 1 aliphatic rings. The number of nitrogens with one attached hydrogen (secondary N) is 1. The lowest BCUT2D eigenvalue weighted by Crippen LogP contribution is -2.17. The van der Waals surface area contributed by atoms with Gasteiger partial charge in [-0.05, 0) is 12.5 Å². The molecule has 0 aromatic carbocycles. The lowest BCUT2D eigenvalue weighted by molar-refractivity contribution is 0.0593. The number of ether oxygens (including phenoxy) is 1. The topological polar surface area (TPSA) is 88.8 Å². The molecule has 2 aromatic rings. The van der Waals surface area contributed by atoms with Crippen LogP contribution in [0.25, 0.3) is 5.78 Å². The van der Waals surface area contributed by atoms with Crippen molar-refractivity contribution in [2.24, 2.45) is 5.92 Å². The molecule has 2 atom stereocenters. The maximum atomic E-state index is 11.6. The summed E-state index contributed by atoms with van der Waals surface area (Å²) in [5.41, 5.74) is 0.340. The van der Waals surface area contributed by atoms with Crippen molar-refractivity contribution < 1.29 is 14.6 Å². The van der Waals surface area contributed by atoms with Gasteiger partial charge in [0.1, 0.15) is 5.82 Å². The monoisotopic (exact) mass is 288 g/mol. The second-order valence-corrected chi connectivity index (χ2v) is 4.93. The summed E-state index contributed by atoms with van der Waals surface area (Å²) in [5.74, 6) is 0.858. The predicted molar refractivity (Wildman–Crippen MR) is 76.1 cm³/mol. The van der Waals surface area contributed by atoms with Crippen LogP contribution in [0.2, 0.25) is 0 Å². The minimum Gasteiger partial charge on any atom is -0.464 e. The minimum atomic E-state index is -0.450. The molecular weight excluding hydrogens is 272 g/mol. The Kier molecular flexibility index (Phi) is 3.57. The van der Waals surface area contributed by atoms with Crippen LogP contribution < -0.4 is 5.32 Å². The second kappa shape index (κ2) is 5.53. The van der Waals surface area contributed by atoms with Gasteiger partial charge in [0.05, 0.1) is 13.3 Å². The number of hydrogen-bond acceptors (Lipinski definition) is 6. The van der Waals surface area contributed by atoms with Gasteiger partial charge in [-0.2, -0.15) is 4.98 Å². The number of carbonyl (C=O) groups excluding carboxylic acids is 1. The molecule has 110 valence electrons. The zero-order chi connectivity index (χ0) is 14.8. The quantitative estimate of drug-likeness (QED) is 0.641. The van der Waals surface area contributed by atoms with E-state index < -0.39 is 5.97 Å². The third-order valence-corrected chi connectivity index (χ3v) is 3.51. The van der Waals surface area contributed by atoms with Crippen LogP contribution >= 0.6 is 0 Å². The third kappa shape index (κ3) is 2.59. The number of aromatic nitrogens is 3. The number of methoxy groups -OCH3 is 1. The number of aliphatic hydroxyl groups is 1. The Hall–Kier alpha value is -2.41. The van der Waals surface area contributed by atoms with Gasteiger partial charge in [0.2, 0.25) is 5.78 Å². The lowest BCUT2D eigenvalue weighted by Gasteiger charge is -2.13. The first-order valence-corrected chi connectivity index (χ1v) is 6.69. The Morgan fingerprint density at radius 2 is 2.43 bits per heavy atom. The van der Waals surface area contributed by atoms with E-state index >= 15 is 0 Å². The lowest BCUT2D eigenvalue weighted by atomic mass is 10.1. The molecule has 0 saturated carbocycles. The number of imidazole rings is 1. The number of esters is 1. The maximum absolute atomic E-state index is 11.6. The smallest absolute Gasteiger partial charge is 0.356 e. The Morgan fingerprint density at radius 1 is 1.57 bits per heavy atom. The highest BCUT2D eigenvalue weighted by molar-refractivity contribution is 5.88. The van der Waals surface area contributed by atoms with Gasteiger partial charge in [0.25, 0.3) is 0 Å². The van der Waals surface area contributed by atoms with Crippen LogP contribution in [0.3, 0.4) is 0 Å². The summed E-state index contributed by atoms with van der Waals surface area (Å²) in [7, 11) is 1.33. The van der Waals surface area contributed by atoms with E-state index in [1.54, 1.807) is 16.7 Å². The average molecular weight is 288 g/mol. The van der Waals surface area contributed by atoms with E-state index in [-0.39, 0.29) is 18.6 Å². The van der Waals surface area contributed by atoms with Gasteiger partial charge >= 0.3 is 5.97 Å². The number of hydrogen-bond donors (Lipinski definition) is 2. The number of nitrogens with zero attached hydrogens (tertiary/aromatic N) is 3. The maximum Gasteiger partial charge on any atom is 0.356 e. The fourth-order valence-corrected chi connectivity index (χ4v) is 2.41. The molecule has 2 aromatic heterocycles. The van der Waals surface area contributed by atoms with Crippen LogP contribution in [0.1, 0.15) is 16.9 Å². The summed E-state index contributed by atoms with van der Waals surface area (Å²) in [6, 6.07) is 1.92. The first-order valence-electron chi connectivity index (χ1n) is 6.69. The molecule has 0 saturated heterocycles. The van der Waals surface area contributed by atoms with E-state index in [9.17, 15) is 4.79 Å². The standard InChI is InChI=1S/C14H16N4O3/c1-21-13(20)11-7-15-14-17-12(4-5-18(11)14)16-10-3-2-9(6-10)8-19/h2-5,7,9-10,19H,6,8H2,1H3,(H,15,16,17)/t9-,10+/m0/s1. The molecular formula is C14H16N4O3. The van der Waals surface area contributed by atoms with Crippen LogP contribution in [0.5, 0.6) is 0 Å². The van der Waals surface area contributed by atoms with E-state index in [0.29, 0.717) is 17.3 Å². The SMILES string of the molecule is COC(=O)c1cnc2nc(N[C@@H]3C=C[C@H](CO)C3)ccn12. The Labute approximate surface area is 121 Å². The molecule has 21 heavy (non-hydrogen) atoms. The van der Waals surface area contributed by atoms with Crippen molar-refractivity contribution in [2.45, 2.75) is 12.5 Å². The second-order valence-electron chi connectivity index (χ2n) is 4.93. The van der Waals surface area contributed by atoms with Crippen molar-refractivity contribution in [1.82, 2.24) is 14.4 Å². The first kappa shape index (κ1) is 13.6. The summed E-state index contributed by atoms with van der Waals surface area (Å²) in [5, 5.41) is 12.4. The van der Waals surface area contributed by atoms with Crippen molar-refractivity contribution in [3.63, 3.8) is 0 Å². The van der Waals surface area contributed by atoms with Gasteiger partial charge < -0.3 is 15.2 Å². The third-order valence-electron chi connectivity index (χ3n) is 3.51. The van der Waals surface area contributed by atoms with Crippen molar-refractivity contribution in [3.8, 4) is 0 Å². The summed E-state index contributed by atoms with van der Waals surface area (Å²) in [4.78, 5) is 20.0. The molecule has 2 heterocycles. The van der Waals surface area contributed by atoms with E-state index in [2.05, 4.69) is 20.0 Å². The van der Waals surface area contributed by atoms with Crippen LogP contribution in [0.4, 0.5) is 5.82 Å². The van der Waals surface area contributed by atoms with E-state index in [1.807, 2.05) is 12.2 Å². The number of rotatable bonds is 4. The fourth-order valence-electron chi connectivity index (χ4n) is 2.41. The van der Waals surface area contributed by atoms with Crippen molar-refractivity contribution in [3.05, 3.63) is 36.3 Å². The molecule has 7 heteroatoms. The van der Waals surface area contributed by atoms with Crippen molar-refractivity contribution in [1.29, 1.82) is 0 Å². The van der Waals surface area contributed by atoms with Gasteiger partial charge in [0, 0.05) is 24.8 Å². The Morgan fingerprint density at radius 3 is 3.14 bits per heavy atom. The number of fused-ring (bicyclic) bond motifs is 1. The molecule has 0 unspecified atom stereocenters. The summed E-state index contributed by atoms with van der Waals surface area (Å²) in [6.07, 6.45) is 8.03. The molecule has 0 amide bonds. The zero-order valence-electron chi connectivity index (χ0n) is 11.6. The van der Waals surface area contributed by atoms with E-state index in [0.717, 1.165) is 6.42 Å². The molecule has 3 rings (SSSR count). The molecule has 7 nitrogen and oxygen atoms in total. The van der Waals surface area contributed by atoms with Gasteiger partial charge in [-0.1, -0.05) is 12.2 Å². The Bertz CT molecular complexity index is 695. The van der Waals surface area contributed by atoms with E-state index in [4.69, 9.17) is 5.11 Å². The zero-order valence-corrected chi connectivity index (χ0v) is 11.6. The molecule has 0 bridgehead atoms. The predicted octanol–water partition coefficient (Wildman–Crippen LogP) is 0.865. The van der Waals surface area contributed by atoms with Crippen LogP contribution in [-0.4, -0.2) is 45.2 Å². The number of carbonyl (C=O) groups is 1. The van der Waals surface area contributed by atoms with E-state index in [1.165, 1.54) is 13.3 Å². The number of aliphatic hydroxyl groups excluding tert-OH is 1. The molecule has 0 radical (unpaired) electrons. The van der Waals surface area contributed by atoms with Crippen LogP contribution in [0.15, 0.2) is 30.6 Å². The van der Waals surface area contributed by atoms with Gasteiger partial charge in [-0.3, -0.25) is 4.40 Å². The highest BCUT2D eigenvalue weighted by Crippen LogP contribution is 2.20. The molecule has 0 fully saturated rings. The highest BCUT2D eigenvalue weighted by atomic mass is 16.5. The van der Waals surface area contributed by atoms with Crippen LogP contribution in [0, 0.1) is 5.92 Å². The summed E-state index contributed by atoms with van der Waals surface area (Å²) in [6.45, 7) is 0.157. The van der Waals surface area contributed by atoms with Crippen LogP contribution in [-0.2, 0) is 4.74 Å². The first-order chi connectivity index (χ1) is 10.2. The average Bonchev–Trinajstić information content (AvgIpc) is 3.12. The summed E-state index contributed by atoms with van der Waals surface area (Å²) >= 11 is 0. The van der Waals surface area contributed by atoms with Gasteiger partial charge in [-0.25, -0.2) is 9.78 Å². The van der Waals surface area contributed by atoms with Crippen molar-refractivity contribution in [2.75, 3.05) is 19.0 Å². The molecule has 2 N–H and O–H groups in total. The summed E-state index contributed by atoms with van der Waals surface area (Å²) < 4.78 is 6.27. The van der Waals surface area contributed by atoms with Crippen molar-refractivity contribution >= 4 is 17.6 Å². The number of anilines is 1. The highest BCUT2D eigenvalue weighted by Gasteiger charge is 2.19. The Balaban J connectivity index is 1.79. The molecule has 0 spiro atoms. The van der Waals surface area contributed by atoms with Gasteiger partial charge in [0.15, 0.2) is 5.69 Å². The molecule has 1 aliphatic carbocycles. The normalized spacial score (nSPS) is 20.9. The van der Waals surface area contributed by atoms with Gasteiger partial charge in [-0.15, -0.1) is 0 Å². The fraction of sp³-hybridized carbons (Fsp3) is 0.357. The molecule has 0 aliphatic heterocycles. The largest absolute Gasteiger partial charge is 0.464 e. The minimum absolute atomic E-state index is 0.145.